The molecular weight excluding hydrogens is 338 g/mol. The van der Waals surface area contributed by atoms with E-state index in [1.165, 1.54) is 11.1 Å². The maximum atomic E-state index is 12.5. The van der Waals surface area contributed by atoms with E-state index in [4.69, 9.17) is 5.73 Å². The largest absolute Gasteiger partial charge is 0.346 e. The standard InChI is InChI=1S/C19H21N3O2.ClH/c20-10-18(23)21-11-19(24)22-12-15-8-4-5-9-16(15)17(13-22)14-6-2-1-3-7-14;/h1-9,17H,10-13,20H2,(H,21,23);1H. The average molecular weight is 360 g/mol. The van der Waals surface area contributed by atoms with Gasteiger partial charge in [-0.3, -0.25) is 9.59 Å². The SMILES string of the molecule is Cl.NCC(=O)NCC(=O)N1Cc2ccccc2C(c2ccccc2)C1. The summed E-state index contributed by atoms with van der Waals surface area (Å²) in [4.78, 5) is 25.6. The molecule has 0 saturated carbocycles. The van der Waals surface area contributed by atoms with Crippen molar-refractivity contribution in [1.82, 2.24) is 10.2 Å². The van der Waals surface area contributed by atoms with Crippen molar-refractivity contribution in [3.63, 3.8) is 0 Å². The van der Waals surface area contributed by atoms with Crippen LogP contribution in [0.1, 0.15) is 22.6 Å². The highest BCUT2D eigenvalue weighted by atomic mass is 35.5. The molecule has 25 heavy (non-hydrogen) atoms. The van der Waals surface area contributed by atoms with Gasteiger partial charge in [-0.1, -0.05) is 54.6 Å². The van der Waals surface area contributed by atoms with Crippen LogP contribution in [0.2, 0.25) is 0 Å². The van der Waals surface area contributed by atoms with Gasteiger partial charge >= 0.3 is 0 Å². The summed E-state index contributed by atoms with van der Waals surface area (Å²) in [5, 5.41) is 2.55. The fourth-order valence-electron chi connectivity index (χ4n) is 3.13. The number of nitrogens with one attached hydrogen (secondary N) is 1. The molecule has 3 rings (SSSR count). The molecule has 6 heteroatoms. The molecule has 3 N–H and O–H groups in total. The summed E-state index contributed by atoms with van der Waals surface area (Å²) < 4.78 is 0. The monoisotopic (exact) mass is 359 g/mol. The summed E-state index contributed by atoms with van der Waals surface area (Å²) in [7, 11) is 0. The van der Waals surface area contributed by atoms with E-state index in [1.54, 1.807) is 4.90 Å². The lowest BCUT2D eigenvalue weighted by molar-refractivity contribution is -0.133. The van der Waals surface area contributed by atoms with E-state index in [0.29, 0.717) is 13.1 Å². The number of nitrogens with two attached hydrogens (primary N) is 1. The summed E-state index contributed by atoms with van der Waals surface area (Å²) in [6, 6.07) is 18.4. The molecule has 0 radical (unpaired) electrons. The van der Waals surface area contributed by atoms with E-state index in [1.807, 2.05) is 30.3 Å². The van der Waals surface area contributed by atoms with Crippen LogP contribution in [0.5, 0.6) is 0 Å². The first-order valence-corrected chi connectivity index (χ1v) is 8.06. The predicted molar refractivity (Wildman–Crippen MR) is 99.5 cm³/mol. The van der Waals surface area contributed by atoms with Gasteiger partial charge in [0.25, 0.3) is 0 Å². The molecule has 0 bridgehead atoms. The highest BCUT2D eigenvalue weighted by Crippen LogP contribution is 2.33. The highest BCUT2D eigenvalue weighted by molar-refractivity contribution is 5.86. The summed E-state index contributed by atoms with van der Waals surface area (Å²) in [5.41, 5.74) is 8.86. The van der Waals surface area contributed by atoms with Crippen LogP contribution < -0.4 is 11.1 Å². The van der Waals surface area contributed by atoms with E-state index in [9.17, 15) is 9.59 Å². The Morgan fingerprint density at radius 2 is 1.76 bits per heavy atom. The molecule has 0 spiro atoms. The molecule has 0 aromatic heterocycles. The van der Waals surface area contributed by atoms with Crippen molar-refractivity contribution < 1.29 is 9.59 Å². The number of amides is 2. The van der Waals surface area contributed by atoms with Gasteiger partial charge in [0, 0.05) is 19.0 Å². The first kappa shape index (κ1) is 19.0. The van der Waals surface area contributed by atoms with Crippen molar-refractivity contribution in [1.29, 1.82) is 0 Å². The van der Waals surface area contributed by atoms with Crippen molar-refractivity contribution in [2.75, 3.05) is 19.6 Å². The Hall–Kier alpha value is -2.37. The van der Waals surface area contributed by atoms with Gasteiger partial charge in [-0.25, -0.2) is 0 Å². The zero-order valence-electron chi connectivity index (χ0n) is 13.9. The third-order valence-electron chi connectivity index (χ3n) is 4.37. The fourth-order valence-corrected chi connectivity index (χ4v) is 3.13. The zero-order valence-corrected chi connectivity index (χ0v) is 14.7. The summed E-state index contributed by atoms with van der Waals surface area (Å²) in [6.45, 7) is 1.05. The minimum absolute atomic E-state index is 0. The summed E-state index contributed by atoms with van der Waals surface area (Å²) >= 11 is 0. The Bertz CT molecular complexity index is 736. The number of rotatable bonds is 4. The number of hydrogen-bond donors (Lipinski definition) is 2. The lowest BCUT2D eigenvalue weighted by Gasteiger charge is -2.35. The number of carbonyl (C=O) groups is 2. The first-order chi connectivity index (χ1) is 11.7. The van der Waals surface area contributed by atoms with Gasteiger partial charge in [0.05, 0.1) is 13.1 Å². The maximum Gasteiger partial charge on any atom is 0.242 e. The minimum Gasteiger partial charge on any atom is -0.346 e. The van der Waals surface area contributed by atoms with E-state index in [0.717, 1.165) is 5.56 Å². The van der Waals surface area contributed by atoms with Gasteiger partial charge in [0.2, 0.25) is 11.8 Å². The number of fused-ring (bicyclic) bond motifs is 1. The van der Waals surface area contributed by atoms with Crippen molar-refractivity contribution in [3.8, 4) is 0 Å². The smallest absolute Gasteiger partial charge is 0.242 e. The third kappa shape index (κ3) is 4.38. The molecule has 1 heterocycles. The van der Waals surface area contributed by atoms with E-state index in [-0.39, 0.29) is 43.2 Å². The molecule has 1 atom stereocenters. The molecular formula is C19H22ClN3O2. The van der Waals surface area contributed by atoms with Gasteiger partial charge in [-0.05, 0) is 16.7 Å². The van der Waals surface area contributed by atoms with Crippen molar-refractivity contribution in [3.05, 3.63) is 71.3 Å². The van der Waals surface area contributed by atoms with Gasteiger partial charge in [-0.15, -0.1) is 12.4 Å². The van der Waals surface area contributed by atoms with Gasteiger partial charge < -0.3 is 16.0 Å². The molecule has 0 saturated heterocycles. The Labute approximate surface area is 153 Å². The topological polar surface area (TPSA) is 75.4 Å². The molecule has 5 nitrogen and oxygen atoms in total. The Kier molecular flexibility index (Phi) is 6.56. The molecule has 132 valence electrons. The zero-order chi connectivity index (χ0) is 16.9. The predicted octanol–water partition coefficient (Wildman–Crippen LogP) is 1.66. The number of hydrogen-bond acceptors (Lipinski definition) is 3. The summed E-state index contributed by atoms with van der Waals surface area (Å²) in [5.74, 6) is -0.266. The van der Waals surface area contributed by atoms with Crippen molar-refractivity contribution in [2.24, 2.45) is 5.73 Å². The van der Waals surface area contributed by atoms with Crippen LogP contribution in [-0.2, 0) is 16.1 Å². The van der Waals surface area contributed by atoms with Crippen molar-refractivity contribution in [2.45, 2.75) is 12.5 Å². The van der Waals surface area contributed by atoms with Gasteiger partial charge in [0.1, 0.15) is 0 Å². The third-order valence-corrected chi connectivity index (χ3v) is 4.37. The lowest BCUT2D eigenvalue weighted by atomic mass is 9.84. The van der Waals surface area contributed by atoms with Gasteiger partial charge in [-0.2, -0.15) is 0 Å². The van der Waals surface area contributed by atoms with Gasteiger partial charge in [0.15, 0.2) is 0 Å². The quantitative estimate of drug-likeness (QED) is 0.871. The molecule has 1 unspecified atom stereocenters. The molecule has 2 aromatic carbocycles. The fraction of sp³-hybridized carbons (Fsp3) is 0.263. The van der Waals surface area contributed by atoms with Crippen LogP contribution in [0.3, 0.4) is 0 Å². The molecule has 0 fully saturated rings. The Balaban J connectivity index is 0.00000225. The van der Waals surface area contributed by atoms with E-state index >= 15 is 0 Å². The number of halogens is 1. The average Bonchev–Trinajstić information content (AvgIpc) is 2.65. The summed E-state index contributed by atoms with van der Waals surface area (Å²) in [6.07, 6.45) is 0. The second kappa shape index (κ2) is 8.65. The van der Waals surface area contributed by atoms with Crippen LogP contribution in [0, 0.1) is 0 Å². The second-order valence-corrected chi connectivity index (χ2v) is 5.92. The number of benzene rings is 2. The first-order valence-electron chi connectivity index (χ1n) is 8.06. The molecule has 2 aromatic rings. The van der Waals surface area contributed by atoms with E-state index < -0.39 is 0 Å². The van der Waals surface area contributed by atoms with Crippen LogP contribution in [0.15, 0.2) is 54.6 Å². The Morgan fingerprint density at radius 1 is 1.08 bits per heavy atom. The van der Waals surface area contributed by atoms with Crippen LogP contribution in [-0.4, -0.2) is 36.3 Å². The van der Waals surface area contributed by atoms with E-state index in [2.05, 4.69) is 29.6 Å². The number of carbonyl (C=O) groups excluding carboxylic acids is 2. The molecule has 1 aliphatic rings. The second-order valence-electron chi connectivity index (χ2n) is 5.92. The Morgan fingerprint density at radius 3 is 2.48 bits per heavy atom. The molecule has 0 aliphatic carbocycles. The van der Waals surface area contributed by atoms with Crippen LogP contribution in [0.25, 0.3) is 0 Å². The normalized spacial score (nSPS) is 15.7. The molecule has 1 aliphatic heterocycles. The molecule has 2 amide bonds. The number of nitrogens with zero attached hydrogens (tertiary/aromatic N) is 1. The van der Waals surface area contributed by atoms with Crippen LogP contribution >= 0.6 is 12.4 Å². The van der Waals surface area contributed by atoms with Crippen molar-refractivity contribution >= 4 is 24.2 Å². The maximum absolute atomic E-state index is 12.5. The minimum atomic E-state index is -0.319. The van der Waals surface area contributed by atoms with Crippen LogP contribution in [0.4, 0.5) is 0 Å². The highest BCUT2D eigenvalue weighted by Gasteiger charge is 2.28. The lowest BCUT2D eigenvalue weighted by Crippen LogP contribution is -2.45.